The zero-order valence-corrected chi connectivity index (χ0v) is 11.8. The van der Waals surface area contributed by atoms with Crippen LogP contribution in [0.1, 0.15) is 21.7 Å². The van der Waals surface area contributed by atoms with Crippen LogP contribution in [0.4, 0.5) is 8.78 Å². The lowest BCUT2D eigenvalue weighted by Crippen LogP contribution is -2.26. The van der Waals surface area contributed by atoms with E-state index in [0.29, 0.717) is 24.0 Å². The molecule has 3 rings (SSSR count). The number of nitrogens with zero attached hydrogens (tertiary/aromatic N) is 1. The van der Waals surface area contributed by atoms with Crippen LogP contribution in [-0.4, -0.2) is 27.4 Å². The Hall–Kier alpha value is -2.70. The van der Waals surface area contributed by atoms with E-state index in [0.717, 1.165) is 17.3 Å². The van der Waals surface area contributed by atoms with Gasteiger partial charge in [0.2, 0.25) is 0 Å². The average molecular weight is 304 g/mol. The predicted octanol–water partition coefficient (Wildman–Crippen LogP) is 2.45. The molecular weight excluding hydrogens is 290 g/mol. The van der Waals surface area contributed by atoms with Gasteiger partial charge in [-0.1, -0.05) is 0 Å². The number of carbonyl (C=O) groups excluding carboxylic acids is 1. The number of fused-ring (bicyclic) bond motifs is 1. The number of hydrogen-bond donors (Lipinski definition) is 3. The van der Waals surface area contributed by atoms with Crippen LogP contribution in [0.25, 0.3) is 10.9 Å². The number of H-pyrrole nitrogens is 2. The van der Waals surface area contributed by atoms with Gasteiger partial charge in [0.15, 0.2) is 0 Å². The third kappa shape index (κ3) is 2.57. The van der Waals surface area contributed by atoms with Gasteiger partial charge in [-0.3, -0.25) is 4.79 Å². The highest BCUT2D eigenvalue weighted by Crippen LogP contribution is 2.25. The molecule has 7 heteroatoms. The largest absolute Gasteiger partial charge is 0.356 e. The molecule has 0 saturated carbocycles. The maximum Gasteiger partial charge on any atom is 0.269 e. The fourth-order valence-corrected chi connectivity index (χ4v) is 2.50. The second-order valence-electron chi connectivity index (χ2n) is 5.01. The molecule has 22 heavy (non-hydrogen) atoms. The van der Waals surface area contributed by atoms with E-state index >= 15 is 0 Å². The lowest BCUT2D eigenvalue weighted by atomic mass is 10.1. The van der Waals surface area contributed by atoms with Crippen molar-refractivity contribution in [1.82, 2.24) is 20.3 Å². The van der Waals surface area contributed by atoms with Gasteiger partial charge in [0.1, 0.15) is 17.3 Å². The summed E-state index contributed by atoms with van der Waals surface area (Å²) in [5.41, 5.74) is 2.20. The summed E-state index contributed by atoms with van der Waals surface area (Å²) in [6.07, 6.45) is 3.32. The second-order valence-corrected chi connectivity index (χ2v) is 5.01. The van der Waals surface area contributed by atoms with Crippen LogP contribution in [0.15, 0.2) is 24.7 Å². The van der Waals surface area contributed by atoms with E-state index in [1.165, 1.54) is 18.6 Å². The van der Waals surface area contributed by atoms with Crippen molar-refractivity contribution in [3.63, 3.8) is 0 Å². The Morgan fingerprint density at radius 1 is 1.36 bits per heavy atom. The smallest absolute Gasteiger partial charge is 0.269 e. The average Bonchev–Trinajstić information content (AvgIpc) is 3.09. The number of halogens is 2. The number of aromatic nitrogens is 3. The Balaban J connectivity index is 1.77. The zero-order valence-electron chi connectivity index (χ0n) is 11.8. The number of imidazole rings is 1. The molecular formula is C15H14F2N4O. The fraction of sp³-hybridized carbons (Fsp3) is 0.200. The summed E-state index contributed by atoms with van der Waals surface area (Å²) in [5, 5.41) is 3.24. The number of rotatable bonds is 4. The van der Waals surface area contributed by atoms with Gasteiger partial charge in [-0.2, -0.15) is 0 Å². The van der Waals surface area contributed by atoms with E-state index < -0.39 is 11.6 Å². The minimum absolute atomic E-state index is 0.271. The van der Waals surface area contributed by atoms with Gasteiger partial charge >= 0.3 is 0 Å². The van der Waals surface area contributed by atoms with Gasteiger partial charge < -0.3 is 15.3 Å². The van der Waals surface area contributed by atoms with Gasteiger partial charge in [-0.25, -0.2) is 13.8 Å². The minimum Gasteiger partial charge on any atom is -0.356 e. The van der Waals surface area contributed by atoms with E-state index in [2.05, 4.69) is 20.3 Å². The Morgan fingerprint density at radius 3 is 2.91 bits per heavy atom. The second kappa shape index (κ2) is 5.59. The molecule has 2 heterocycles. The SMILES string of the molecule is Cc1[nH]c2c(F)cc(F)cc2c1CCNC(=O)c1cnc[nH]1. The van der Waals surface area contributed by atoms with Crippen molar-refractivity contribution in [2.24, 2.45) is 0 Å². The molecule has 0 bridgehead atoms. The highest BCUT2D eigenvalue weighted by molar-refractivity contribution is 5.92. The van der Waals surface area contributed by atoms with E-state index in [-0.39, 0.29) is 11.4 Å². The number of benzene rings is 1. The highest BCUT2D eigenvalue weighted by Gasteiger charge is 2.14. The molecule has 1 aromatic carbocycles. The molecule has 0 fully saturated rings. The van der Waals surface area contributed by atoms with Gasteiger partial charge in [-0.15, -0.1) is 0 Å². The van der Waals surface area contributed by atoms with Gasteiger partial charge in [-0.05, 0) is 25.0 Å². The Morgan fingerprint density at radius 2 is 2.18 bits per heavy atom. The molecule has 5 nitrogen and oxygen atoms in total. The van der Waals surface area contributed by atoms with E-state index in [9.17, 15) is 13.6 Å². The van der Waals surface area contributed by atoms with Crippen LogP contribution in [0, 0.1) is 18.6 Å². The lowest BCUT2D eigenvalue weighted by Gasteiger charge is -2.04. The minimum atomic E-state index is -0.620. The van der Waals surface area contributed by atoms with Crippen molar-refractivity contribution >= 4 is 16.8 Å². The van der Waals surface area contributed by atoms with Crippen molar-refractivity contribution in [2.75, 3.05) is 6.54 Å². The van der Waals surface area contributed by atoms with Crippen LogP contribution >= 0.6 is 0 Å². The maximum absolute atomic E-state index is 13.7. The first-order chi connectivity index (χ1) is 10.6. The van der Waals surface area contributed by atoms with Crippen LogP contribution in [-0.2, 0) is 6.42 Å². The Labute approximate surface area is 124 Å². The molecule has 0 saturated heterocycles. The predicted molar refractivity (Wildman–Crippen MR) is 77.6 cm³/mol. The lowest BCUT2D eigenvalue weighted by molar-refractivity contribution is 0.0949. The molecule has 0 aliphatic rings. The van der Waals surface area contributed by atoms with Crippen molar-refractivity contribution in [2.45, 2.75) is 13.3 Å². The highest BCUT2D eigenvalue weighted by atomic mass is 19.1. The molecule has 1 amide bonds. The van der Waals surface area contributed by atoms with Crippen LogP contribution < -0.4 is 5.32 Å². The van der Waals surface area contributed by atoms with Gasteiger partial charge in [0, 0.05) is 23.7 Å². The first kappa shape index (κ1) is 14.2. The monoisotopic (exact) mass is 304 g/mol. The molecule has 3 N–H and O–H groups in total. The van der Waals surface area contributed by atoms with Gasteiger partial charge in [0.05, 0.1) is 18.0 Å². The molecule has 0 atom stereocenters. The number of hydrogen-bond acceptors (Lipinski definition) is 2. The molecule has 0 radical (unpaired) electrons. The van der Waals surface area contributed by atoms with Gasteiger partial charge in [0.25, 0.3) is 5.91 Å². The van der Waals surface area contributed by atoms with Crippen molar-refractivity contribution < 1.29 is 13.6 Å². The first-order valence-electron chi connectivity index (χ1n) is 6.79. The van der Waals surface area contributed by atoms with Crippen molar-refractivity contribution in [3.05, 3.63) is 53.2 Å². The van der Waals surface area contributed by atoms with E-state index in [4.69, 9.17) is 0 Å². The third-order valence-electron chi connectivity index (χ3n) is 3.55. The molecule has 114 valence electrons. The number of aromatic amines is 2. The maximum atomic E-state index is 13.7. The number of nitrogens with one attached hydrogen (secondary N) is 3. The van der Waals surface area contributed by atoms with Crippen molar-refractivity contribution in [1.29, 1.82) is 0 Å². The zero-order chi connectivity index (χ0) is 15.7. The number of carbonyl (C=O) groups is 1. The molecule has 3 aromatic rings. The topological polar surface area (TPSA) is 73.6 Å². The van der Waals surface area contributed by atoms with E-state index in [1.807, 2.05) is 0 Å². The summed E-state index contributed by atoms with van der Waals surface area (Å²) in [5.74, 6) is -1.51. The van der Waals surface area contributed by atoms with Crippen molar-refractivity contribution in [3.8, 4) is 0 Å². The summed E-state index contributed by atoms with van der Waals surface area (Å²) in [4.78, 5) is 21.2. The Bertz CT molecular complexity index is 824. The summed E-state index contributed by atoms with van der Waals surface area (Å²) < 4.78 is 27.1. The summed E-state index contributed by atoms with van der Waals surface area (Å²) in [6.45, 7) is 2.15. The third-order valence-corrected chi connectivity index (χ3v) is 3.55. The Kier molecular flexibility index (Phi) is 3.62. The number of amides is 1. The van der Waals surface area contributed by atoms with Crippen LogP contribution in [0.3, 0.4) is 0 Å². The van der Waals surface area contributed by atoms with Crippen LogP contribution in [0.2, 0.25) is 0 Å². The normalized spacial score (nSPS) is 11.0. The summed E-state index contributed by atoms with van der Waals surface area (Å²) >= 11 is 0. The molecule has 0 aliphatic heterocycles. The number of aryl methyl sites for hydroxylation is 1. The molecule has 0 spiro atoms. The molecule has 0 unspecified atom stereocenters. The first-order valence-corrected chi connectivity index (χ1v) is 6.79. The fourth-order valence-electron chi connectivity index (χ4n) is 2.50. The molecule has 0 aliphatic carbocycles. The summed E-state index contributed by atoms with van der Waals surface area (Å²) in [7, 11) is 0. The summed E-state index contributed by atoms with van der Waals surface area (Å²) in [6, 6.07) is 2.15. The van der Waals surface area contributed by atoms with Crippen LogP contribution in [0.5, 0.6) is 0 Å². The van der Waals surface area contributed by atoms with E-state index in [1.54, 1.807) is 6.92 Å². The standard InChI is InChI=1S/C15H14F2N4O/c1-8-10(2-3-19-15(22)13-6-18-7-20-13)11-4-9(16)5-12(17)14(11)21-8/h4-7,21H,2-3H2,1H3,(H,18,20)(H,19,22). The molecule has 2 aromatic heterocycles. The quantitative estimate of drug-likeness (QED) is 0.692.